The van der Waals surface area contributed by atoms with Gasteiger partial charge in [0.1, 0.15) is 12.3 Å². The van der Waals surface area contributed by atoms with E-state index < -0.39 is 34.7 Å². The second-order valence-electron chi connectivity index (χ2n) is 3.39. The molecule has 3 atom stereocenters. The Bertz CT molecular complexity index is 406. The number of hydrogen-bond donors (Lipinski definition) is 2. The van der Waals surface area contributed by atoms with Crippen LogP contribution in [0.2, 0.25) is 0 Å². The maximum Gasteiger partial charge on any atom is 0.354 e. The van der Waals surface area contributed by atoms with Gasteiger partial charge in [-0.3, -0.25) is 4.79 Å². The number of esters is 1. The Kier molecular flexibility index (Phi) is 4.60. The summed E-state index contributed by atoms with van der Waals surface area (Å²) in [6.45, 7) is 2.92. The van der Waals surface area contributed by atoms with Crippen molar-refractivity contribution in [2.24, 2.45) is 5.90 Å². The molecule has 98 valence electrons. The minimum atomic E-state index is -4.04. The summed E-state index contributed by atoms with van der Waals surface area (Å²) in [6, 6.07) is 0. The maximum absolute atomic E-state index is 11.0. The van der Waals surface area contributed by atoms with Crippen LogP contribution in [0.1, 0.15) is 13.8 Å². The highest BCUT2D eigenvalue weighted by atomic mass is 32.2. The zero-order valence-electron chi connectivity index (χ0n) is 9.32. The van der Waals surface area contributed by atoms with Gasteiger partial charge >= 0.3 is 16.3 Å². The molecule has 0 aromatic carbocycles. The van der Waals surface area contributed by atoms with Crippen LogP contribution in [0.4, 0.5) is 0 Å². The summed E-state index contributed by atoms with van der Waals surface area (Å²) in [5.41, 5.74) is 0. The molecule has 1 heterocycles. The molecule has 9 heteroatoms. The van der Waals surface area contributed by atoms with Gasteiger partial charge in [0.05, 0.1) is 6.10 Å². The lowest BCUT2D eigenvalue weighted by Gasteiger charge is -2.29. The summed E-state index contributed by atoms with van der Waals surface area (Å²) in [5.74, 6) is 4.11. The first-order valence-corrected chi connectivity index (χ1v) is 6.16. The van der Waals surface area contributed by atoms with E-state index >= 15 is 0 Å². The van der Waals surface area contributed by atoms with E-state index in [-0.39, 0.29) is 0 Å². The predicted molar refractivity (Wildman–Crippen MR) is 56.4 cm³/mol. The molecule has 0 amide bonds. The lowest BCUT2D eigenvalue weighted by Crippen LogP contribution is -2.45. The van der Waals surface area contributed by atoms with Crippen LogP contribution in [0.25, 0.3) is 0 Å². The minimum absolute atomic E-state index is 0.445. The van der Waals surface area contributed by atoms with Crippen LogP contribution in [0, 0.1) is 0 Å². The van der Waals surface area contributed by atoms with E-state index in [1.54, 1.807) is 6.92 Å². The molecule has 0 aliphatic carbocycles. The van der Waals surface area contributed by atoms with Gasteiger partial charge in [-0.05, 0) is 19.1 Å². The molecule has 1 unspecified atom stereocenters. The van der Waals surface area contributed by atoms with Crippen LogP contribution in [-0.4, -0.2) is 32.8 Å². The molecule has 0 fully saturated rings. The zero-order valence-corrected chi connectivity index (χ0v) is 10.1. The Balaban J connectivity index is 2.63. The molecule has 0 bridgehead atoms. The van der Waals surface area contributed by atoms with Crippen LogP contribution in [0.15, 0.2) is 12.2 Å². The Labute approximate surface area is 98.9 Å². The lowest BCUT2D eigenvalue weighted by molar-refractivity contribution is -0.153. The Morgan fingerprint density at radius 1 is 1.47 bits per heavy atom. The number of carbonyl (C=O) groups excluding carboxylic acids is 1. The summed E-state index contributed by atoms with van der Waals surface area (Å²) >= 11 is 0. The summed E-state index contributed by atoms with van der Waals surface area (Å²) < 4.78 is 37.9. The van der Waals surface area contributed by atoms with Crippen molar-refractivity contribution in [2.75, 3.05) is 0 Å². The number of hydrogen-bond acceptors (Lipinski definition) is 7. The molecule has 3 N–H and O–H groups in total. The van der Waals surface area contributed by atoms with Gasteiger partial charge < -0.3 is 9.47 Å². The van der Waals surface area contributed by atoms with Crippen LogP contribution in [0.3, 0.4) is 0 Å². The smallest absolute Gasteiger partial charge is 0.354 e. The first-order valence-electron chi connectivity index (χ1n) is 4.75. The van der Waals surface area contributed by atoms with Crippen LogP contribution in [0.5, 0.6) is 0 Å². The van der Waals surface area contributed by atoms with E-state index in [2.05, 4.69) is 10.2 Å². The van der Waals surface area contributed by atoms with Crippen molar-refractivity contribution in [3.05, 3.63) is 12.2 Å². The van der Waals surface area contributed by atoms with Crippen LogP contribution < -0.4 is 10.6 Å². The molecule has 0 radical (unpaired) electrons. The van der Waals surface area contributed by atoms with Crippen LogP contribution >= 0.6 is 0 Å². The van der Waals surface area contributed by atoms with Crippen molar-refractivity contribution in [1.29, 1.82) is 0 Å². The molecular weight excluding hydrogens is 252 g/mol. The Morgan fingerprint density at radius 3 is 2.59 bits per heavy atom. The Hall–Kier alpha value is -1.00. The molecular formula is C8H14N2O6S. The monoisotopic (exact) mass is 266 g/mol. The number of nitrogens with one attached hydrogen (secondary N) is 1. The molecule has 17 heavy (non-hydrogen) atoms. The molecule has 1 aliphatic rings. The zero-order chi connectivity index (χ0) is 13.1. The Morgan fingerprint density at radius 2 is 2.12 bits per heavy atom. The van der Waals surface area contributed by atoms with Gasteiger partial charge in [-0.2, -0.15) is 23.3 Å². The van der Waals surface area contributed by atoms with Gasteiger partial charge in [0, 0.05) is 6.92 Å². The third-order valence-corrected chi connectivity index (χ3v) is 2.76. The van der Waals surface area contributed by atoms with E-state index in [4.69, 9.17) is 9.47 Å². The van der Waals surface area contributed by atoms with Gasteiger partial charge in [0.2, 0.25) is 0 Å². The fraction of sp³-hybridized carbons (Fsp3) is 0.625. The van der Waals surface area contributed by atoms with Crippen molar-refractivity contribution in [3.8, 4) is 0 Å². The van der Waals surface area contributed by atoms with E-state index in [0.717, 1.165) is 0 Å². The van der Waals surface area contributed by atoms with Gasteiger partial charge in [0.25, 0.3) is 0 Å². The average Bonchev–Trinajstić information content (AvgIpc) is 2.21. The topological polar surface area (TPSA) is 117 Å². The SMILES string of the molecule is CC(=O)O[C@@H]1C=CC(NS(=O)(=O)ON)O[C@H]1C. The molecule has 0 saturated carbocycles. The summed E-state index contributed by atoms with van der Waals surface area (Å²) in [6.07, 6.45) is 0.968. The highest BCUT2D eigenvalue weighted by Crippen LogP contribution is 2.15. The van der Waals surface area contributed by atoms with E-state index in [1.165, 1.54) is 19.1 Å². The molecule has 0 saturated heterocycles. The third kappa shape index (κ3) is 4.40. The third-order valence-electron chi connectivity index (χ3n) is 1.99. The van der Waals surface area contributed by atoms with Gasteiger partial charge in [0.15, 0.2) is 0 Å². The van der Waals surface area contributed by atoms with Gasteiger partial charge in [-0.25, -0.2) is 0 Å². The minimum Gasteiger partial charge on any atom is -0.456 e. The van der Waals surface area contributed by atoms with Crippen molar-refractivity contribution in [2.45, 2.75) is 32.3 Å². The van der Waals surface area contributed by atoms with Crippen molar-refractivity contribution in [3.63, 3.8) is 0 Å². The fourth-order valence-electron chi connectivity index (χ4n) is 1.28. The first kappa shape index (κ1) is 14.1. The van der Waals surface area contributed by atoms with Crippen molar-refractivity contribution in [1.82, 2.24) is 4.72 Å². The second kappa shape index (κ2) is 5.56. The summed E-state index contributed by atoms with van der Waals surface area (Å²) in [4.78, 5) is 10.8. The average molecular weight is 266 g/mol. The van der Waals surface area contributed by atoms with Gasteiger partial charge in [-0.15, -0.1) is 0 Å². The second-order valence-corrected chi connectivity index (χ2v) is 4.73. The van der Waals surface area contributed by atoms with E-state index in [1.807, 2.05) is 4.72 Å². The van der Waals surface area contributed by atoms with E-state index in [9.17, 15) is 13.2 Å². The standard InChI is InChI=1S/C8H14N2O6S/c1-5-7(15-6(2)11)3-4-8(14-5)10-17(12,13)16-9/h3-5,7-8,10H,9H2,1-2H3/t5-,7+,8?/m0/s1. The number of carbonyl (C=O) groups is 1. The maximum atomic E-state index is 11.0. The molecule has 0 spiro atoms. The molecule has 1 rings (SSSR count). The summed E-state index contributed by atoms with van der Waals surface area (Å²) in [5, 5.41) is 0. The molecule has 1 aliphatic heterocycles. The fourth-order valence-corrected chi connectivity index (χ4v) is 1.76. The number of nitrogens with two attached hydrogens (primary N) is 1. The normalized spacial score (nSPS) is 29.0. The van der Waals surface area contributed by atoms with Crippen LogP contribution in [-0.2, 0) is 28.9 Å². The predicted octanol–water partition coefficient (Wildman–Crippen LogP) is -1.06. The van der Waals surface area contributed by atoms with Crippen molar-refractivity contribution < 1.29 is 27.0 Å². The lowest BCUT2D eigenvalue weighted by atomic mass is 10.1. The summed E-state index contributed by atoms with van der Waals surface area (Å²) in [7, 11) is -4.04. The highest BCUT2D eigenvalue weighted by Gasteiger charge is 2.28. The van der Waals surface area contributed by atoms with Crippen molar-refractivity contribution >= 4 is 16.3 Å². The first-order chi connectivity index (χ1) is 7.84. The molecule has 0 aromatic rings. The quantitative estimate of drug-likeness (QED) is 0.378. The number of ether oxygens (including phenoxy) is 2. The van der Waals surface area contributed by atoms with E-state index in [0.29, 0.717) is 0 Å². The molecule has 0 aromatic heterocycles. The highest BCUT2D eigenvalue weighted by molar-refractivity contribution is 7.84. The largest absolute Gasteiger partial charge is 0.456 e. The molecule has 8 nitrogen and oxygen atoms in total. The van der Waals surface area contributed by atoms with Gasteiger partial charge in [-0.1, -0.05) is 0 Å². The number of rotatable bonds is 4.